The molecule has 0 spiro atoms. The van der Waals surface area contributed by atoms with Crippen LogP contribution in [0.4, 0.5) is 0 Å². The lowest BCUT2D eigenvalue weighted by molar-refractivity contribution is 0.0162. The quantitative estimate of drug-likeness (QED) is 0.537. The molecule has 172 valence electrons. The number of carbonyl (C=O) groups excluding carboxylic acids is 1. The molecule has 6 nitrogen and oxygen atoms in total. The van der Waals surface area contributed by atoms with E-state index in [1.165, 1.54) is 0 Å². The van der Waals surface area contributed by atoms with Crippen LogP contribution in [-0.4, -0.2) is 50.8 Å². The van der Waals surface area contributed by atoms with Gasteiger partial charge in [-0.15, -0.1) is 0 Å². The Morgan fingerprint density at radius 3 is 2.30 bits per heavy atom. The van der Waals surface area contributed by atoms with Crippen molar-refractivity contribution >= 4 is 5.91 Å². The minimum atomic E-state index is -0.0858. The molecule has 0 aliphatic carbocycles. The number of carbonyl (C=O) groups is 1. The van der Waals surface area contributed by atoms with E-state index in [4.69, 9.17) is 14.2 Å². The molecule has 1 aliphatic heterocycles. The largest absolute Gasteiger partial charge is 0.497 e. The minimum Gasteiger partial charge on any atom is -0.497 e. The summed E-state index contributed by atoms with van der Waals surface area (Å²) in [4.78, 5) is 15.2. The summed E-state index contributed by atoms with van der Waals surface area (Å²) in [5.74, 6) is 1.56. The van der Waals surface area contributed by atoms with Crippen molar-refractivity contribution in [3.63, 3.8) is 0 Å². The second kappa shape index (κ2) is 11.5. The summed E-state index contributed by atoms with van der Waals surface area (Å²) in [5, 5.41) is 3.12. The van der Waals surface area contributed by atoms with Gasteiger partial charge in [0.2, 0.25) is 0 Å². The second-order valence-corrected chi connectivity index (χ2v) is 7.95. The number of ether oxygens (including phenoxy) is 3. The van der Waals surface area contributed by atoms with E-state index in [2.05, 4.69) is 22.3 Å². The third kappa shape index (κ3) is 6.34. The number of hydrogen-bond donors (Lipinski definition) is 1. The highest BCUT2D eigenvalue weighted by Crippen LogP contribution is 2.24. The Hall–Kier alpha value is -3.35. The summed E-state index contributed by atoms with van der Waals surface area (Å²) in [6.45, 7) is 4.05. The average Bonchev–Trinajstić information content (AvgIpc) is 2.89. The van der Waals surface area contributed by atoms with E-state index in [0.717, 1.165) is 35.7 Å². The number of nitrogens with one attached hydrogen (secondary N) is 1. The van der Waals surface area contributed by atoms with E-state index >= 15 is 0 Å². The first-order chi connectivity index (χ1) is 16.2. The molecule has 0 bridgehead atoms. The first kappa shape index (κ1) is 22.8. The van der Waals surface area contributed by atoms with Crippen LogP contribution in [0.5, 0.6) is 11.5 Å². The lowest BCUT2D eigenvalue weighted by Gasteiger charge is -2.35. The summed E-state index contributed by atoms with van der Waals surface area (Å²) >= 11 is 0. The van der Waals surface area contributed by atoms with Gasteiger partial charge in [-0.2, -0.15) is 0 Å². The monoisotopic (exact) mass is 446 g/mol. The van der Waals surface area contributed by atoms with E-state index < -0.39 is 0 Å². The van der Waals surface area contributed by atoms with Gasteiger partial charge in [0, 0.05) is 25.2 Å². The van der Waals surface area contributed by atoms with E-state index in [-0.39, 0.29) is 11.9 Å². The summed E-state index contributed by atoms with van der Waals surface area (Å²) in [6, 6.07) is 25.4. The van der Waals surface area contributed by atoms with Crippen LogP contribution in [0.1, 0.15) is 27.5 Å². The molecular weight excluding hydrogens is 416 g/mol. The zero-order chi connectivity index (χ0) is 22.9. The third-order valence-corrected chi connectivity index (χ3v) is 5.81. The molecule has 3 aromatic rings. The first-order valence-electron chi connectivity index (χ1n) is 11.2. The first-order valence-corrected chi connectivity index (χ1v) is 11.2. The molecule has 1 fully saturated rings. The fraction of sp³-hybridized carbons (Fsp3) is 0.296. The molecule has 1 N–H and O–H groups in total. The molecule has 1 saturated heterocycles. The van der Waals surface area contributed by atoms with Gasteiger partial charge in [0.05, 0.1) is 26.4 Å². The van der Waals surface area contributed by atoms with Crippen LogP contribution in [-0.2, 0) is 11.3 Å². The third-order valence-electron chi connectivity index (χ3n) is 5.81. The number of amides is 1. The Morgan fingerprint density at radius 2 is 1.64 bits per heavy atom. The maximum Gasteiger partial charge on any atom is 0.251 e. The molecule has 33 heavy (non-hydrogen) atoms. The predicted octanol–water partition coefficient (Wildman–Crippen LogP) is 4.08. The molecule has 6 heteroatoms. The van der Waals surface area contributed by atoms with Crippen LogP contribution in [0.2, 0.25) is 0 Å². The van der Waals surface area contributed by atoms with Gasteiger partial charge >= 0.3 is 0 Å². The van der Waals surface area contributed by atoms with Gasteiger partial charge in [-0.3, -0.25) is 9.69 Å². The van der Waals surface area contributed by atoms with Gasteiger partial charge < -0.3 is 19.5 Å². The van der Waals surface area contributed by atoms with Crippen LogP contribution >= 0.6 is 0 Å². The van der Waals surface area contributed by atoms with Gasteiger partial charge in [0.25, 0.3) is 5.91 Å². The van der Waals surface area contributed by atoms with E-state index in [1.54, 1.807) is 7.11 Å². The Morgan fingerprint density at radius 1 is 0.939 bits per heavy atom. The highest BCUT2D eigenvalue weighted by Gasteiger charge is 2.23. The van der Waals surface area contributed by atoms with Crippen molar-refractivity contribution in [1.29, 1.82) is 0 Å². The molecule has 1 amide bonds. The van der Waals surface area contributed by atoms with Crippen molar-refractivity contribution in [2.24, 2.45) is 0 Å². The summed E-state index contributed by atoms with van der Waals surface area (Å²) < 4.78 is 16.6. The number of nitrogens with zero attached hydrogens (tertiary/aromatic N) is 1. The fourth-order valence-electron chi connectivity index (χ4n) is 3.90. The Labute approximate surface area is 195 Å². The molecule has 3 aromatic carbocycles. The highest BCUT2D eigenvalue weighted by molar-refractivity contribution is 5.94. The van der Waals surface area contributed by atoms with Crippen molar-refractivity contribution in [1.82, 2.24) is 10.2 Å². The SMILES string of the molecule is COc1ccc([C@@H](CNC(=O)c2ccc(COc3ccccc3)cc2)N2CCOCC2)cc1. The van der Waals surface area contributed by atoms with Gasteiger partial charge in [0.1, 0.15) is 18.1 Å². The zero-order valence-corrected chi connectivity index (χ0v) is 18.9. The number of hydrogen-bond acceptors (Lipinski definition) is 5. The van der Waals surface area contributed by atoms with Crippen molar-refractivity contribution in [3.05, 3.63) is 95.6 Å². The number of rotatable bonds is 9. The van der Waals surface area contributed by atoms with Gasteiger partial charge in [-0.1, -0.05) is 42.5 Å². The normalized spacial score (nSPS) is 14.9. The van der Waals surface area contributed by atoms with Crippen molar-refractivity contribution < 1.29 is 19.0 Å². The number of methoxy groups -OCH3 is 1. The van der Waals surface area contributed by atoms with Crippen LogP contribution in [0.25, 0.3) is 0 Å². The number of morpholine rings is 1. The molecular formula is C27H30N2O4. The van der Waals surface area contributed by atoms with Crippen LogP contribution in [0.3, 0.4) is 0 Å². The number of benzene rings is 3. The summed E-state index contributed by atoms with van der Waals surface area (Å²) in [6.07, 6.45) is 0. The lowest BCUT2D eigenvalue weighted by Crippen LogP contribution is -2.43. The average molecular weight is 447 g/mol. The predicted molar refractivity (Wildman–Crippen MR) is 128 cm³/mol. The standard InChI is InChI=1S/C27H30N2O4/c1-31-24-13-11-22(12-14-24)26(29-15-17-32-18-16-29)19-28-27(30)23-9-7-21(8-10-23)20-33-25-5-3-2-4-6-25/h2-14,26H,15-20H2,1H3,(H,28,30)/t26-/m1/s1. The van der Waals surface area contributed by atoms with Gasteiger partial charge in [0.15, 0.2) is 0 Å². The van der Waals surface area contributed by atoms with Crippen molar-refractivity contribution in [3.8, 4) is 11.5 Å². The molecule has 1 heterocycles. The fourth-order valence-corrected chi connectivity index (χ4v) is 3.90. The number of para-hydroxylation sites is 1. The Bertz CT molecular complexity index is 1000. The van der Waals surface area contributed by atoms with Crippen molar-refractivity contribution in [2.45, 2.75) is 12.6 Å². The molecule has 1 aliphatic rings. The molecule has 1 atom stereocenters. The van der Waals surface area contributed by atoms with Crippen LogP contribution in [0, 0.1) is 0 Å². The molecule has 4 rings (SSSR count). The van der Waals surface area contributed by atoms with E-state index in [0.29, 0.717) is 31.9 Å². The van der Waals surface area contributed by atoms with Crippen LogP contribution in [0.15, 0.2) is 78.9 Å². The van der Waals surface area contributed by atoms with E-state index in [1.807, 2.05) is 66.7 Å². The lowest BCUT2D eigenvalue weighted by atomic mass is 10.0. The highest BCUT2D eigenvalue weighted by atomic mass is 16.5. The summed E-state index contributed by atoms with van der Waals surface area (Å²) in [7, 11) is 1.66. The van der Waals surface area contributed by atoms with Gasteiger partial charge in [-0.05, 0) is 47.5 Å². The summed E-state index contributed by atoms with van der Waals surface area (Å²) in [5.41, 5.74) is 2.79. The second-order valence-electron chi connectivity index (χ2n) is 7.95. The minimum absolute atomic E-state index is 0.0716. The maximum absolute atomic E-state index is 12.8. The maximum atomic E-state index is 12.8. The smallest absolute Gasteiger partial charge is 0.251 e. The van der Waals surface area contributed by atoms with Gasteiger partial charge in [-0.25, -0.2) is 0 Å². The van der Waals surface area contributed by atoms with Crippen LogP contribution < -0.4 is 14.8 Å². The molecule has 0 aromatic heterocycles. The topological polar surface area (TPSA) is 60.0 Å². The Kier molecular flexibility index (Phi) is 7.95. The Balaban J connectivity index is 1.37. The molecule has 0 saturated carbocycles. The van der Waals surface area contributed by atoms with E-state index in [9.17, 15) is 4.79 Å². The molecule has 0 radical (unpaired) electrons. The zero-order valence-electron chi connectivity index (χ0n) is 18.9. The molecule has 0 unspecified atom stereocenters. The van der Waals surface area contributed by atoms with Crippen molar-refractivity contribution in [2.75, 3.05) is 40.0 Å².